The average molecular weight is 260 g/mol. The van der Waals surface area contributed by atoms with Crippen molar-refractivity contribution in [1.82, 2.24) is 9.78 Å². The molecular formula is C15H20N2O2. The van der Waals surface area contributed by atoms with Gasteiger partial charge in [0.2, 0.25) is 0 Å². The first-order chi connectivity index (χ1) is 9.15. The van der Waals surface area contributed by atoms with Crippen molar-refractivity contribution in [2.24, 2.45) is 0 Å². The lowest BCUT2D eigenvalue weighted by Crippen LogP contribution is -2.04. The van der Waals surface area contributed by atoms with Gasteiger partial charge in [-0.15, -0.1) is 0 Å². The van der Waals surface area contributed by atoms with E-state index in [0.29, 0.717) is 6.42 Å². The number of hydrogen-bond donors (Lipinski definition) is 1. The first-order valence-electron chi connectivity index (χ1n) is 6.42. The molecule has 2 aromatic rings. The van der Waals surface area contributed by atoms with E-state index in [1.165, 1.54) is 5.56 Å². The minimum absolute atomic E-state index is 0.163. The molecule has 102 valence electrons. The second-order valence-corrected chi connectivity index (χ2v) is 4.63. The lowest BCUT2D eigenvalue weighted by molar-refractivity contribution is 0.299. The third kappa shape index (κ3) is 2.96. The van der Waals surface area contributed by atoms with E-state index < -0.39 is 0 Å². The summed E-state index contributed by atoms with van der Waals surface area (Å²) >= 11 is 0. The molecule has 0 saturated carbocycles. The Hall–Kier alpha value is -1.81. The van der Waals surface area contributed by atoms with Crippen LogP contribution in [-0.4, -0.2) is 28.6 Å². The van der Waals surface area contributed by atoms with Crippen molar-refractivity contribution in [3.8, 4) is 5.75 Å². The smallest absolute Gasteiger partial charge is 0.118 e. The Labute approximate surface area is 113 Å². The zero-order valence-electron chi connectivity index (χ0n) is 11.7. The molecule has 0 radical (unpaired) electrons. The van der Waals surface area contributed by atoms with Gasteiger partial charge in [0.25, 0.3) is 0 Å². The summed E-state index contributed by atoms with van der Waals surface area (Å²) in [6.45, 7) is 4.94. The molecule has 0 amide bonds. The van der Waals surface area contributed by atoms with Crippen LogP contribution in [0, 0.1) is 13.8 Å². The Kier molecular flexibility index (Phi) is 4.22. The fraction of sp³-hybridized carbons (Fsp3) is 0.400. The van der Waals surface area contributed by atoms with E-state index in [1.54, 1.807) is 7.11 Å². The lowest BCUT2D eigenvalue weighted by Gasteiger charge is -2.06. The Bertz CT molecular complexity index is 544. The van der Waals surface area contributed by atoms with Gasteiger partial charge in [0.15, 0.2) is 0 Å². The summed E-state index contributed by atoms with van der Waals surface area (Å²) in [7, 11) is 1.66. The maximum Gasteiger partial charge on any atom is 0.118 e. The normalized spacial score (nSPS) is 10.7. The van der Waals surface area contributed by atoms with Gasteiger partial charge in [-0.05, 0) is 43.5 Å². The van der Waals surface area contributed by atoms with Crippen LogP contribution >= 0.6 is 0 Å². The van der Waals surface area contributed by atoms with Crippen LogP contribution in [0.4, 0.5) is 0 Å². The van der Waals surface area contributed by atoms with Crippen LogP contribution in [0.1, 0.15) is 22.5 Å². The molecule has 0 aliphatic rings. The Morgan fingerprint density at radius 2 is 1.89 bits per heavy atom. The number of aliphatic hydroxyl groups is 1. The quantitative estimate of drug-likeness (QED) is 0.895. The average Bonchev–Trinajstić information content (AvgIpc) is 2.68. The van der Waals surface area contributed by atoms with Gasteiger partial charge in [-0.1, -0.05) is 12.1 Å². The summed E-state index contributed by atoms with van der Waals surface area (Å²) in [5.74, 6) is 0.859. The molecule has 0 atom stereocenters. The molecule has 0 aliphatic heterocycles. The van der Waals surface area contributed by atoms with E-state index in [2.05, 4.69) is 12.0 Å². The SMILES string of the molecule is COc1ccc(Cn2nc(C)c(CCO)c2C)cc1. The Morgan fingerprint density at radius 1 is 1.21 bits per heavy atom. The number of aryl methyl sites for hydroxylation is 1. The predicted octanol–water partition coefficient (Wildman–Crippen LogP) is 2.09. The number of rotatable bonds is 5. The van der Waals surface area contributed by atoms with Crippen molar-refractivity contribution in [1.29, 1.82) is 0 Å². The number of nitrogens with zero attached hydrogens (tertiary/aromatic N) is 2. The zero-order chi connectivity index (χ0) is 13.8. The van der Waals surface area contributed by atoms with Crippen molar-refractivity contribution in [3.05, 3.63) is 46.8 Å². The highest BCUT2D eigenvalue weighted by atomic mass is 16.5. The van der Waals surface area contributed by atoms with Gasteiger partial charge in [-0.2, -0.15) is 5.10 Å². The first-order valence-corrected chi connectivity index (χ1v) is 6.42. The monoisotopic (exact) mass is 260 g/mol. The summed E-state index contributed by atoms with van der Waals surface area (Å²) in [5.41, 5.74) is 4.46. The summed E-state index contributed by atoms with van der Waals surface area (Å²) in [4.78, 5) is 0. The molecule has 0 fully saturated rings. The van der Waals surface area contributed by atoms with Crippen molar-refractivity contribution in [2.45, 2.75) is 26.8 Å². The van der Waals surface area contributed by atoms with E-state index in [-0.39, 0.29) is 6.61 Å². The maximum absolute atomic E-state index is 9.07. The third-order valence-electron chi connectivity index (χ3n) is 3.38. The van der Waals surface area contributed by atoms with E-state index in [1.807, 2.05) is 35.9 Å². The molecule has 19 heavy (non-hydrogen) atoms. The van der Waals surface area contributed by atoms with Crippen molar-refractivity contribution in [2.75, 3.05) is 13.7 Å². The van der Waals surface area contributed by atoms with E-state index in [9.17, 15) is 0 Å². The number of aromatic nitrogens is 2. The summed E-state index contributed by atoms with van der Waals surface area (Å²) in [6, 6.07) is 7.99. The van der Waals surface area contributed by atoms with Gasteiger partial charge in [0.1, 0.15) is 5.75 Å². The molecule has 0 aliphatic carbocycles. The van der Waals surface area contributed by atoms with Crippen LogP contribution in [-0.2, 0) is 13.0 Å². The molecule has 1 aromatic carbocycles. The standard InChI is InChI=1S/C15H20N2O2/c1-11-15(8-9-18)12(2)17(16-11)10-13-4-6-14(19-3)7-5-13/h4-7,18H,8-10H2,1-3H3. The van der Waals surface area contributed by atoms with Gasteiger partial charge in [0, 0.05) is 12.3 Å². The minimum atomic E-state index is 0.163. The van der Waals surface area contributed by atoms with Gasteiger partial charge < -0.3 is 9.84 Å². The number of benzene rings is 1. The van der Waals surface area contributed by atoms with Crippen LogP contribution in [0.5, 0.6) is 5.75 Å². The Morgan fingerprint density at radius 3 is 2.47 bits per heavy atom. The fourth-order valence-electron chi connectivity index (χ4n) is 2.27. The highest BCUT2D eigenvalue weighted by Crippen LogP contribution is 2.17. The number of ether oxygens (including phenoxy) is 1. The van der Waals surface area contributed by atoms with Crippen LogP contribution < -0.4 is 4.74 Å². The predicted molar refractivity (Wildman–Crippen MR) is 74.6 cm³/mol. The minimum Gasteiger partial charge on any atom is -0.497 e. The molecule has 1 aromatic heterocycles. The molecular weight excluding hydrogens is 240 g/mol. The first kappa shape index (κ1) is 13.6. The lowest BCUT2D eigenvalue weighted by atomic mass is 10.1. The molecule has 1 heterocycles. The molecule has 0 bridgehead atoms. The molecule has 0 spiro atoms. The highest BCUT2D eigenvalue weighted by Gasteiger charge is 2.11. The molecule has 0 unspecified atom stereocenters. The van der Waals surface area contributed by atoms with Gasteiger partial charge in [-0.25, -0.2) is 0 Å². The topological polar surface area (TPSA) is 47.3 Å². The fourth-order valence-corrected chi connectivity index (χ4v) is 2.27. The zero-order valence-corrected chi connectivity index (χ0v) is 11.7. The molecule has 4 heteroatoms. The van der Waals surface area contributed by atoms with Crippen LogP contribution in [0.25, 0.3) is 0 Å². The van der Waals surface area contributed by atoms with Gasteiger partial charge in [0.05, 0.1) is 19.3 Å². The molecule has 4 nitrogen and oxygen atoms in total. The summed E-state index contributed by atoms with van der Waals surface area (Å²) in [5, 5.41) is 13.6. The highest BCUT2D eigenvalue weighted by molar-refractivity contribution is 5.29. The summed E-state index contributed by atoms with van der Waals surface area (Å²) in [6.07, 6.45) is 0.667. The van der Waals surface area contributed by atoms with Gasteiger partial charge in [-0.3, -0.25) is 4.68 Å². The molecule has 1 N–H and O–H groups in total. The third-order valence-corrected chi connectivity index (χ3v) is 3.38. The van der Waals surface area contributed by atoms with Crippen molar-refractivity contribution in [3.63, 3.8) is 0 Å². The van der Waals surface area contributed by atoms with Crippen molar-refractivity contribution >= 4 is 0 Å². The summed E-state index contributed by atoms with van der Waals surface area (Å²) < 4.78 is 7.14. The van der Waals surface area contributed by atoms with E-state index >= 15 is 0 Å². The van der Waals surface area contributed by atoms with Crippen LogP contribution in [0.3, 0.4) is 0 Å². The second-order valence-electron chi connectivity index (χ2n) is 4.63. The van der Waals surface area contributed by atoms with Crippen molar-refractivity contribution < 1.29 is 9.84 Å². The molecule has 0 saturated heterocycles. The number of methoxy groups -OCH3 is 1. The maximum atomic E-state index is 9.07. The Balaban J connectivity index is 2.20. The molecule has 2 rings (SSSR count). The largest absolute Gasteiger partial charge is 0.497 e. The van der Waals surface area contributed by atoms with E-state index in [0.717, 1.165) is 29.2 Å². The van der Waals surface area contributed by atoms with E-state index in [4.69, 9.17) is 9.84 Å². The van der Waals surface area contributed by atoms with Gasteiger partial charge >= 0.3 is 0 Å². The number of aliphatic hydroxyl groups excluding tert-OH is 1. The van der Waals surface area contributed by atoms with Crippen LogP contribution in [0.2, 0.25) is 0 Å². The number of hydrogen-bond acceptors (Lipinski definition) is 3. The second kappa shape index (κ2) is 5.89. The van der Waals surface area contributed by atoms with Crippen LogP contribution in [0.15, 0.2) is 24.3 Å².